The average Bonchev–Trinajstić information content (AvgIpc) is 3.71. The Balaban J connectivity index is 1.55. The molecule has 6 aromatic carbocycles. The van der Waals surface area contributed by atoms with Gasteiger partial charge in [0.05, 0.1) is 27.6 Å². The number of imidazole rings is 1. The van der Waals surface area contributed by atoms with Gasteiger partial charge < -0.3 is 4.57 Å². The number of aromatic nitrogens is 3. The van der Waals surface area contributed by atoms with Crippen LogP contribution in [-0.2, 0) is 0 Å². The maximum Gasteiger partial charge on any atom is 0.146 e. The maximum absolute atomic E-state index is 5.27. The Labute approximate surface area is 238 Å². The van der Waals surface area contributed by atoms with Crippen molar-refractivity contribution in [1.82, 2.24) is 14.0 Å². The van der Waals surface area contributed by atoms with Gasteiger partial charge in [-0.25, -0.2) is 4.98 Å². The molecule has 0 saturated heterocycles. The van der Waals surface area contributed by atoms with Crippen molar-refractivity contribution >= 4 is 91.7 Å². The molecule has 3 nitrogen and oxygen atoms in total. The van der Waals surface area contributed by atoms with Gasteiger partial charge in [-0.15, -0.1) is 11.3 Å². The molecular formula is C37H21N3S. The molecule has 0 N–H and O–H groups in total. The summed E-state index contributed by atoms with van der Waals surface area (Å²) in [4.78, 5) is 5.27. The minimum absolute atomic E-state index is 1.01. The van der Waals surface area contributed by atoms with Gasteiger partial charge in [-0.3, -0.25) is 4.40 Å². The molecule has 0 amide bonds. The standard InChI is InChI=1S/C37H21N3S/c1-2-10-22(11-3-1)39-29-15-7-4-13-25(29)34-31(39)21-20-26-33-27(19-18-24-23-12-5-9-17-32(23)41-36(24)33)37-38-28-14-6-8-16-30(28)40(37)35(26)34/h1-21H. The first kappa shape index (κ1) is 21.6. The van der Waals surface area contributed by atoms with Gasteiger partial charge in [-0.1, -0.05) is 78.9 Å². The van der Waals surface area contributed by atoms with E-state index in [1.807, 2.05) is 11.3 Å². The van der Waals surface area contributed by atoms with Crippen molar-refractivity contribution in [3.05, 3.63) is 127 Å². The fourth-order valence-electron chi connectivity index (χ4n) is 7.01. The lowest BCUT2D eigenvalue weighted by Gasteiger charge is -2.13. The molecule has 0 bridgehead atoms. The lowest BCUT2D eigenvalue weighted by Crippen LogP contribution is -1.95. The van der Waals surface area contributed by atoms with Crippen LogP contribution in [0.5, 0.6) is 0 Å². The van der Waals surface area contributed by atoms with E-state index < -0.39 is 0 Å². The Morgan fingerprint density at radius 3 is 2.10 bits per heavy atom. The highest BCUT2D eigenvalue weighted by molar-refractivity contribution is 7.26. The molecule has 0 fully saturated rings. The van der Waals surface area contributed by atoms with Crippen molar-refractivity contribution in [2.45, 2.75) is 0 Å². The van der Waals surface area contributed by atoms with E-state index in [9.17, 15) is 0 Å². The second-order valence-corrected chi connectivity index (χ2v) is 11.8. The molecule has 10 aromatic rings. The SMILES string of the molecule is c1ccc(-n2c3ccccc3c3c2ccc2c4c(ccc5c6ccccc6sc54)c4nc5ccccc5n4c23)cc1. The van der Waals surface area contributed by atoms with Crippen LogP contribution in [0.25, 0.3) is 86.0 Å². The predicted molar refractivity (Wildman–Crippen MR) is 175 cm³/mol. The molecule has 41 heavy (non-hydrogen) atoms. The Morgan fingerprint density at radius 1 is 0.488 bits per heavy atom. The summed E-state index contributed by atoms with van der Waals surface area (Å²) in [6, 6.07) is 46.0. The number of para-hydroxylation sites is 4. The smallest absolute Gasteiger partial charge is 0.146 e. The summed E-state index contributed by atoms with van der Waals surface area (Å²) in [5, 5.41) is 8.88. The van der Waals surface area contributed by atoms with Crippen LogP contribution >= 0.6 is 11.3 Å². The third-order valence-corrected chi connectivity index (χ3v) is 9.87. The van der Waals surface area contributed by atoms with E-state index in [0.717, 1.165) is 22.4 Å². The Hall–Kier alpha value is -5.19. The molecule has 0 aliphatic rings. The molecule has 190 valence electrons. The van der Waals surface area contributed by atoms with Crippen molar-refractivity contribution < 1.29 is 0 Å². The van der Waals surface area contributed by atoms with Gasteiger partial charge in [-0.2, -0.15) is 0 Å². The molecule has 10 rings (SSSR count). The van der Waals surface area contributed by atoms with Crippen molar-refractivity contribution in [2.75, 3.05) is 0 Å². The van der Waals surface area contributed by atoms with E-state index in [4.69, 9.17) is 4.98 Å². The van der Waals surface area contributed by atoms with Crippen molar-refractivity contribution in [3.63, 3.8) is 0 Å². The van der Waals surface area contributed by atoms with Gasteiger partial charge in [0.25, 0.3) is 0 Å². The first-order valence-electron chi connectivity index (χ1n) is 13.9. The number of hydrogen-bond acceptors (Lipinski definition) is 2. The normalized spacial score (nSPS) is 12.4. The van der Waals surface area contributed by atoms with Crippen LogP contribution < -0.4 is 0 Å². The monoisotopic (exact) mass is 539 g/mol. The topological polar surface area (TPSA) is 22.2 Å². The zero-order valence-corrected chi connectivity index (χ0v) is 22.7. The summed E-state index contributed by atoms with van der Waals surface area (Å²) in [6.45, 7) is 0. The van der Waals surface area contributed by atoms with Gasteiger partial charge in [0, 0.05) is 52.8 Å². The summed E-state index contributed by atoms with van der Waals surface area (Å²) in [5.74, 6) is 0. The first-order chi connectivity index (χ1) is 20.4. The molecule has 0 aliphatic heterocycles. The van der Waals surface area contributed by atoms with Gasteiger partial charge in [0.1, 0.15) is 5.65 Å². The third kappa shape index (κ3) is 2.70. The van der Waals surface area contributed by atoms with E-state index in [1.54, 1.807) is 0 Å². The van der Waals surface area contributed by atoms with Gasteiger partial charge in [0.2, 0.25) is 0 Å². The molecular weight excluding hydrogens is 518 g/mol. The largest absolute Gasteiger partial charge is 0.309 e. The zero-order valence-electron chi connectivity index (χ0n) is 21.9. The minimum Gasteiger partial charge on any atom is -0.309 e. The van der Waals surface area contributed by atoms with Crippen LogP contribution in [0.2, 0.25) is 0 Å². The molecule has 0 atom stereocenters. The predicted octanol–water partition coefficient (Wildman–Crippen LogP) is 10.3. The molecule has 0 spiro atoms. The van der Waals surface area contributed by atoms with Crippen molar-refractivity contribution in [1.29, 1.82) is 0 Å². The average molecular weight is 540 g/mol. The molecule has 4 aromatic heterocycles. The zero-order chi connectivity index (χ0) is 26.7. The molecule has 0 aliphatic carbocycles. The van der Waals surface area contributed by atoms with E-state index in [0.29, 0.717) is 0 Å². The molecule has 0 saturated carbocycles. The second kappa shape index (κ2) is 7.72. The summed E-state index contributed by atoms with van der Waals surface area (Å²) >= 11 is 1.89. The number of nitrogens with zero attached hydrogens (tertiary/aromatic N) is 3. The van der Waals surface area contributed by atoms with E-state index in [2.05, 4.69) is 136 Å². The Bertz CT molecular complexity index is 2690. The molecule has 0 unspecified atom stereocenters. The number of hydrogen-bond donors (Lipinski definition) is 0. The fraction of sp³-hybridized carbons (Fsp3) is 0. The fourth-order valence-corrected chi connectivity index (χ4v) is 8.27. The summed E-state index contributed by atoms with van der Waals surface area (Å²) < 4.78 is 7.46. The van der Waals surface area contributed by atoms with Crippen LogP contribution in [0.4, 0.5) is 0 Å². The summed E-state index contributed by atoms with van der Waals surface area (Å²) in [7, 11) is 0. The minimum atomic E-state index is 1.01. The number of fused-ring (bicyclic) bond motifs is 16. The molecule has 4 heteroatoms. The van der Waals surface area contributed by atoms with Crippen LogP contribution in [-0.4, -0.2) is 14.0 Å². The van der Waals surface area contributed by atoms with Crippen LogP contribution in [0.15, 0.2) is 127 Å². The Morgan fingerprint density at radius 2 is 1.20 bits per heavy atom. The molecule has 0 radical (unpaired) electrons. The lowest BCUT2D eigenvalue weighted by atomic mass is 10.00. The second-order valence-electron chi connectivity index (χ2n) is 10.8. The van der Waals surface area contributed by atoms with Crippen LogP contribution in [0.3, 0.4) is 0 Å². The number of benzene rings is 6. The molecule has 4 heterocycles. The van der Waals surface area contributed by atoms with Crippen molar-refractivity contribution in [2.24, 2.45) is 0 Å². The highest BCUT2D eigenvalue weighted by Crippen LogP contribution is 2.46. The van der Waals surface area contributed by atoms with Crippen molar-refractivity contribution in [3.8, 4) is 5.69 Å². The quantitative estimate of drug-likeness (QED) is 0.190. The Kier molecular flexibility index (Phi) is 4.07. The number of pyridine rings is 1. The number of rotatable bonds is 1. The third-order valence-electron chi connectivity index (χ3n) is 8.67. The van der Waals surface area contributed by atoms with E-state index >= 15 is 0 Å². The van der Waals surface area contributed by atoms with E-state index in [1.165, 1.54) is 63.7 Å². The van der Waals surface area contributed by atoms with Gasteiger partial charge in [0.15, 0.2) is 0 Å². The summed E-state index contributed by atoms with van der Waals surface area (Å²) in [6.07, 6.45) is 0. The van der Waals surface area contributed by atoms with Gasteiger partial charge >= 0.3 is 0 Å². The highest BCUT2D eigenvalue weighted by Gasteiger charge is 2.22. The van der Waals surface area contributed by atoms with Gasteiger partial charge in [-0.05, 0) is 48.5 Å². The lowest BCUT2D eigenvalue weighted by molar-refractivity contribution is 1.18. The van der Waals surface area contributed by atoms with E-state index in [-0.39, 0.29) is 0 Å². The first-order valence-corrected chi connectivity index (χ1v) is 14.7. The van der Waals surface area contributed by atoms with Crippen LogP contribution in [0.1, 0.15) is 0 Å². The highest BCUT2D eigenvalue weighted by atomic mass is 32.1. The van der Waals surface area contributed by atoms with Crippen LogP contribution in [0, 0.1) is 0 Å². The number of thiophene rings is 1. The summed E-state index contributed by atoms with van der Waals surface area (Å²) in [5.41, 5.74) is 7.95. The maximum atomic E-state index is 5.27.